The van der Waals surface area contributed by atoms with E-state index < -0.39 is 11.9 Å². The molecule has 0 radical (unpaired) electrons. The standard InChI is InChI=1S/C15H22F3N5S/c1-3-7-19-14(24)22-13-20-11(15(16,17)18)9-12(21-13)23-8-5-4-6-10(23)2/h9-10H,3-8H2,1-2H3,(H2,19,20,21,22,24)/t10-/m1/s1. The van der Waals surface area contributed by atoms with Gasteiger partial charge in [-0.2, -0.15) is 18.2 Å². The summed E-state index contributed by atoms with van der Waals surface area (Å²) in [6, 6.07) is 1.16. The lowest BCUT2D eigenvalue weighted by Crippen LogP contribution is -2.38. The van der Waals surface area contributed by atoms with Gasteiger partial charge in [-0.05, 0) is 44.8 Å². The molecule has 2 N–H and O–H groups in total. The molecule has 1 aliphatic rings. The Morgan fingerprint density at radius 1 is 1.38 bits per heavy atom. The van der Waals surface area contributed by atoms with Crippen molar-refractivity contribution in [3.63, 3.8) is 0 Å². The molecule has 1 fully saturated rings. The van der Waals surface area contributed by atoms with Gasteiger partial charge in [0.25, 0.3) is 0 Å². The zero-order valence-corrected chi connectivity index (χ0v) is 14.6. The van der Waals surface area contributed by atoms with Gasteiger partial charge in [0.2, 0.25) is 5.95 Å². The Hall–Kier alpha value is -1.64. The second-order valence-electron chi connectivity index (χ2n) is 5.85. The van der Waals surface area contributed by atoms with Crippen molar-refractivity contribution >= 4 is 29.1 Å². The number of nitrogens with one attached hydrogen (secondary N) is 2. The van der Waals surface area contributed by atoms with E-state index in [1.54, 1.807) is 0 Å². The van der Waals surface area contributed by atoms with Gasteiger partial charge in [-0.25, -0.2) is 4.98 Å². The summed E-state index contributed by atoms with van der Waals surface area (Å²) in [7, 11) is 0. The fourth-order valence-electron chi connectivity index (χ4n) is 2.61. The Balaban J connectivity index is 2.29. The first kappa shape index (κ1) is 18.7. The third-order valence-corrected chi connectivity index (χ3v) is 4.11. The molecular weight excluding hydrogens is 339 g/mol. The molecule has 1 saturated heterocycles. The molecule has 2 rings (SSSR count). The maximum absolute atomic E-state index is 13.2. The molecule has 0 aliphatic carbocycles. The number of piperidine rings is 1. The molecule has 1 aromatic rings. The molecule has 0 saturated carbocycles. The van der Waals surface area contributed by atoms with E-state index in [0.717, 1.165) is 31.7 Å². The summed E-state index contributed by atoms with van der Waals surface area (Å²) < 4.78 is 39.5. The number of nitrogens with zero attached hydrogens (tertiary/aromatic N) is 3. The fraction of sp³-hybridized carbons (Fsp3) is 0.667. The molecule has 0 amide bonds. The Morgan fingerprint density at radius 2 is 2.12 bits per heavy atom. The SMILES string of the molecule is CCCNC(=S)Nc1nc(N2CCCC[C@H]2C)cc(C(F)(F)F)n1. The van der Waals surface area contributed by atoms with Gasteiger partial charge in [-0.15, -0.1) is 0 Å². The van der Waals surface area contributed by atoms with Crippen LogP contribution < -0.4 is 15.5 Å². The fourth-order valence-corrected chi connectivity index (χ4v) is 2.80. The third kappa shape index (κ3) is 4.93. The first-order valence-corrected chi connectivity index (χ1v) is 8.50. The highest BCUT2D eigenvalue weighted by atomic mass is 32.1. The molecule has 134 valence electrons. The van der Waals surface area contributed by atoms with Crippen LogP contribution in [0.2, 0.25) is 0 Å². The summed E-state index contributed by atoms with van der Waals surface area (Å²) in [5.41, 5.74) is -0.967. The summed E-state index contributed by atoms with van der Waals surface area (Å²) >= 11 is 5.06. The predicted octanol–water partition coefficient (Wildman–Crippen LogP) is 3.57. The Morgan fingerprint density at radius 3 is 2.75 bits per heavy atom. The number of rotatable bonds is 4. The maximum atomic E-state index is 13.2. The first-order chi connectivity index (χ1) is 11.3. The Bertz CT molecular complexity index is 579. The number of thiocarbonyl (C=S) groups is 1. The van der Waals surface area contributed by atoms with Crippen LogP contribution in [0.25, 0.3) is 0 Å². The average molecular weight is 361 g/mol. The molecule has 24 heavy (non-hydrogen) atoms. The van der Waals surface area contributed by atoms with Gasteiger partial charge in [-0.1, -0.05) is 6.92 Å². The number of anilines is 2. The Kier molecular flexibility index (Phi) is 6.20. The van der Waals surface area contributed by atoms with Gasteiger partial charge < -0.3 is 15.5 Å². The molecule has 1 aliphatic heterocycles. The van der Waals surface area contributed by atoms with Gasteiger partial charge in [0, 0.05) is 25.2 Å². The molecule has 0 aromatic carbocycles. The molecule has 0 unspecified atom stereocenters. The smallest absolute Gasteiger partial charge is 0.362 e. The van der Waals surface area contributed by atoms with Crippen LogP contribution in [0.5, 0.6) is 0 Å². The van der Waals surface area contributed by atoms with Crippen molar-refractivity contribution in [3.8, 4) is 0 Å². The van der Waals surface area contributed by atoms with Crippen molar-refractivity contribution in [1.29, 1.82) is 0 Å². The zero-order chi connectivity index (χ0) is 17.7. The highest BCUT2D eigenvalue weighted by molar-refractivity contribution is 7.80. The van der Waals surface area contributed by atoms with Crippen molar-refractivity contribution in [2.45, 2.75) is 51.7 Å². The van der Waals surface area contributed by atoms with Gasteiger partial charge in [0.1, 0.15) is 5.82 Å². The monoisotopic (exact) mass is 361 g/mol. The topological polar surface area (TPSA) is 53.1 Å². The highest BCUT2D eigenvalue weighted by Crippen LogP contribution is 2.32. The van der Waals surface area contributed by atoms with Crippen molar-refractivity contribution in [2.24, 2.45) is 0 Å². The van der Waals surface area contributed by atoms with Crippen molar-refractivity contribution < 1.29 is 13.2 Å². The van der Waals surface area contributed by atoms with Crippen LogP contribution in [0.4, 0.5) is 24.9 Å². The first-order valence-electron chi connectivity index (χ1n) is 8.09. The van der Waals surface area contributed by atoms with Gasteiger partial charge in [0.05, 0.1) is 0 Å². The molecule has 5 nitrogen and oxygen atoms in total. The van der Waals surface area contributed by atoms with Gasteiger partial charge >= 0.3 is 6.18 Å². The van der Waals surface area contributed by atoms with Gasteiger partial charge in [-0.3, -0.25) is 0 Å². The highest BCUT2D eigenvalue weighted by Gasteiger charge is 2.35. The minimum atomic E-state index is -4.54. The van der Waals surface area contributed by atoms with Crippen molar-refractivity contribution in [2.75, 3.05) is 23.3 Å². The molecule has 9 heteroatoms. The van der Waals surface area contributed by atoms with E-state index in [4.69, 9.17) is 12.2 Å². The summed E-state index contributed by atoms with van der Waals surface area (Å²) in [6.45, 7) is 5.27. The minimum absolute atomic E-state index is 0.133. The molecule has 0 spiro atoms. The maximum Gasteiger partial charge on any atom is 0.433 e. The second-order valence-corrected chi connectivity index (χ2v) is 6.26. The molecule has 2 heterocycles. The molecule has 1 aromatic heterocycles. The number of halogens is 3. The van der Waals surface area contributed by atoms with E-state index in [2.05, 4.69) is 20.6 Å². The van der Waals surface area contributed by atoms with Crippen LogP contribution in [-0.2, 0) is 6.18 Å². The summed E-state index contributed by atoms with van der Waals surface area (Å²) in [5, 5.41) is 5.76. The second kappa shape index (κ2) is 7.96. The van der Waals surface area contributed by atoms with E-state index in [1.165, 1.54) is 0 Å². The minimum Gasteiger partial charge on any atom is -0.362 e. The third-order valence-electron chi connectivity index (χ3n) is 3.86. The van der Waals surface area contributed by atoms with E-state index in [-0.39, 0.29) is 22.9 Å². The molecule has 1 atom stereocenters. The van der Waals surface area contributed by atoms with Crippen molar-refractivity contribution in [1.82, 2.24) is 15.3 Å². The summed E-state index contributed by atoms with van der Waals surface area (Å²) in [6.07, 6.45) is -0.738. The van der Waals surface area contributed by atoms with E-state index in [9.17, 15) is 13.2 Å². The molecular formula is C15H22F3N5S. The zero-order valence-electron chi connectivity index (χ0n) is 13.8. The van der Waals surface area contributed by atoms with E-state index in [1.807, 2.05) is 18.7 Å². The van der Waals surface area contributed by atoms with E-state index in [0.29, 0.717) is 13.1 Å². The predicted molar refractivity (Wildman–Crippen MR) is 92.2 cm³/mol. The quantitative estimate of drug-likeness (QED) is 0.800. The average Bonchev–Trinajstić information content (AvgIpc) is 2.52. The number of hydrogen-bond donors (Lipinski definition) is 2. The Labute approximate surface area is 145 Å². The lowest BCUT2D eigenvalue weighted by atomic mass is 10.0. The number of hydrogen-bond acceptors (Lipinski definition) is 4. The van der Waals surface area contributed by atoms with Crippen LogP contribution in [0.3, 0.4) is 0 Å². The summed E-state index contributed by atoms with van der Waals surface area (Å²) in [4.78, 5) is 9.71. The number of aromatic nitrogens is 2. The van der Waals surface area contributed by atoms with Gasteiger partial charge in [0.15, 0.2) is 10.8 Å². The summed E-state index contributed by atoms with van der Waals surface area (Å²) in [5.74, 6) is 0.150. The van der Waals surface area contributed by atoms with Crippen LogP contribution in [0.15, 0.2) is 6.07 Å². The lowest BCUT2D eigenvalue weighted by molar-refractivity contribution is -0.141. The van der Waals surface area contributed by atoms with Crippen LogP contribution in [0, 0.1) is 0 Å². The number of alkyl halides is 3. The lowest BCUT2D eigenvalue weighted by Gasteiger charge is -2.34. The van der Waals surface area contributed by atoms with Crippen LogP contribution in [-0.4, -0.2) is 34.2 Å². The van der Waals surface area contributed by atoms with Crippen molar-refractivity contribution in [3.05, 3.63) is 11.8 Å². The van der Waals surface area contributed by atoms with Crippen LogP contribution in [0.1, 0.15) is 45.2 Å². The van der Waals surface area contributed by atoms with E-state index >= 15 is 0 Å². The largest absolute Gasteiger partial charge is 0.433 e. The van der Waals surface area contributed by atoms with Crippen LogP contribution >= 0.6 is 12.2 Å². The molecule has 0 bridgehead atoms. The normalized spacial score (nSPS) is 18.4.